The molecule has 2 amide bonds. The first-order chi connectivity index (χ1) is 10.0. The van der Waals surface area contributed by atoms with Crippen LogP contribution in [0.2, 0.25) is 0 Å². The van der Waals surface area contributed by atoms with Crippen LogP contribution in [0.3, 0.4) is 0 Å². The second kappa shape index (κ2) is 5.09. The summed E-state index contributed by atoms with van der Waals surface area (Å²) in [6.45, 7) is 4.70. The third kappa shape index (κ3) is 2.25. The number of hydrogen-bond donors (Lipinski definition) is 1. The molecule has 0 aromatic carbocycles. The monoisotopic (exact) mass is 294 g/mol. The fraction of sp³-hybridized carbons (Fsp3) is 0.800. The summed E-state index contributed by atoms with van der Waals surface area (Å²) in [4.78, 5) is 38.2. The molecule has 6 nitrogen and oxygen atoms in total. The van der Waals surface area contributed by atoms with E-state index in [1.165, 1.54) is 4.90 Å². The van der Waals surface area contributed by atoms with E-state index in [9.17, 15) is 14.4 Å². The molecule has 6 heteroatoms. The van der Waals surface area contributed by atoms with Gasteiger partial charge in [-0.3, -0.25) is 14.5 Å². The SMILES string of the molecule is CCNC(CN1C(=O)C2CC2C1=O)(C(=O)OCC)C1CC1. The molecule has 1 heterocycles. The molecule has 0 radical (unpaired) electrons. The van der Waals surface area contributed by atoms with E-state index in [1.807, 2.05) is 6.92 Å². The molecule has 3 aliphatic rings. The largest absolute Gasteiger partial charge is 0.465 e. The van der Waals surface area contributed by atoms with E-state index in [-0.39, 0.29) is 42.1 Å². The number of hydrogen-bond acceptors (Lipinski definition) is 5. The Hall–Kier alpha value is -1.43. The molecular formula is C15H22N2O4. The van der Waals surface area contributed by atoms with Gasteiger partial charge in [-0.2, -0.15) is 0 Å². The normalized spacial score (nSPS) is 30.1. The fourth-order valence-electron chi connectivity index (χ4n) is 3.44. The van der Waals surface area contributed by atoms with Gasteiger partial charge < -0.3 is 10.1 Å². The van der Waals surface area contributed by atoms with E-state index in [1.54, 1.807) is 6.92 Å². The molecule has 3 fully saturated rings. The van der Waals surface area contributed by atoms with Crippen molar-refractivity contribution in [1.29, 1.82) is 0 Å². The summed E-state index contributed by atoms with van der Waals surface area (Å²) in [7, 11) is 0. The fourth-order valence-corrected chi connectivity index (χ4v) is 3.44. The first-order valence-corrected chi connectivity index (χ1v) is 7.82. The Balaban J connectivity index is 1.83. The number of likely N-dealkylation sites (N-methyl/N-ethyl adjacent to an activating group) is 1. The summed E-state index contributed by atoms with van der Waals surface area (Å²) in [5.41, 5.74) is -0.924. The summed E-state index contributed by atoms with van der Waals surface area (Å²) in [5.74, 6) is -0.671. The lowest BCUT2D eigenvalue weighted by atomic mass is 9.92. The number of piperidine rings is 1. The van der Waals surface area contributed by atoms with Crippen LogP contribution in [0, 0.1) is 17.8 Å². The van der Waals surface area contributed by atoms with Crippen LogP contribution < -0.4 is 5.32 Å². The van der Waals surface area contributed by atoms with Gasteiger partial charge in [-0.25, -0.2) is 4.79 Å². The van der Waals surface area contributed by atoms with Gasteiger partial charge in [-0.05, 0) is 38.6 Å². The zero-order valence-electron chi connectivity index (χ0n) is 12.6. The average Bonchev–Trinajstić information content (AvgIpc) is 3.34. The highest BCUT2D eigenvalue weighted by molar-refractivity contribution is 6.09. The van der Waals surface area contributed by atoms with E-state index < -0.39 is 5.54 Å². The highest BCUT2D eigenvalue weighted by Crippen LogP contribution is 2.49. The van der Waals surface area contributed by atoms with Crippen LogP contribution in [0.15, 0.2) is 0 Å². The summed E-state index contributed by atoms with van der Waals surface area (Å²) in [6, 6.07) is 0. The van der Waals surface area contributed by atoms with Crippen molar-refractivity contribution in [1.82, 2.24) is 10.2 Å². The maximum atomic E-state index is 12.5. The Morgan fingerprint density at radius 2 is 1.90 bits per heavy atom. The molecule has 3 atom stereocenters. The van der Waals surface area contributed by atoms with Crippen LogP contribution in [0.25, 0.3) is 0 Å². The standard InChI is InChI=1S/C15H22N2O4/c1-3-16-15(9-5-6-9,14(20)21-4-2)8-17-12(18)10-7-11(10)13(17)19/h9-11,16H,3-8H2,1-2H3. The molecule has 21 heavy (non-hydrogen) atoms. The molecule has 0 spiro atoms. The van der Waals surface area contributed by atoms with Crippen molar-refractivity contribution in [2.45, 2.75) is 38.6 Å². The van der Waals surface area contributed by atoms with Gasteiger partial charge in [0.05, 0.1) is 25.0 Å². The molecule has 0 aromatic rings. The molecule has 3 rings (SSSR count). The van der Waals surface area contributed by atoms with Crippen LogP contribution in [0.1, 0.15) is 33.1 Å². The quantitative estimate of drug-likeness (QED) is 0.540. The second-order valence-electron chi connectivity index (χ2n) is 6.21. The Labute approximate surface area is 124 Å². The number of fused-ring (bicyclic) bond motifs is 1. The molecule has 2 saturated carbocycles. The molecule has 116 valence electrons. The first-order valence-electron chi connectivity index (χ1n) is 7.82. The average molecular weight is 294 g/mol. The molecule has 1 aliphatic heterocycles. The molecule has 3 unspecified atom stereocenters. The Bertz CT molecular complexity index is 468. The van der Waals surface area contributed by atoms with Gasteiger partial charge in [0.1, 0.15) is 5.54 Å². The maximum Gasteiger partial charge on any atom is 0.328 e. The van der Waals surface area contributed by atoms with Gasteiger partial charge in [0.15, 0.2) is 0 Å². The van der Waals surface area contributed by atoms with Crippen molar-refractivity contribution in [2.75, 3.05) is 19.7 Å². The van der Waals surface area contributed by atoms with Gasteiger partial charge >= 0.3 is 5.97 Å². The van der Waals surface area contributed by atoms with Crippen molar-refractivity contribution >= 4 is 17.8 Å². The number of nitrogens with one attached hydrogen (secondary N) is 1. The van der Waals surface area contributed by atoms with Crippen molar-refractivity contribution in [3.63, 3.8) is 0 Å². The van der Waals surface area contributed by atoms with Crippen molar-refractivity contribution in [2.24, 2.45) is 17.8 Å². The number of ether oxygens (including phenoxy) is 1. The number of imide groups is 1. The Morgan fingerprint density at radius 1 is 1.29 bits per heavy atom. The van der Waals surface area contributed by atoms with Crippen molar-refractivity contribution in [3.8, 4) is 0 Å². The molecule has 0 bridgehead atoms. The number of rotatable bonds is 7. The molecule has 1 saturated heterocycles. The second-order valence-corrected chi connectivity index (χ2v) is 6.21. The van der Waals surface area contributed by atoms with Gasteiger partial charge in [0, 0.05) is 0 Å². The minimum absolute atomic E-state index is 0.114. The zero-order chi connectivity index (χ0) is 15.2. The molecule has 0 aromatic heterocycles. The minimum atomic E-state index is -0.924. The van der Waals surface area contributed by atoms with Gasteiger partial charge in [-0.1, -0.05) is 6.92 Å². The van der Waals surface area contributed by atoms with Gasteiger partial charge in [0.25, 0.3) is 0 Å². The third-order valence-electron chi connectivity index (χ3n) is 4.77. The van der Waals surface area contributed by atoms with Crippen LogP contribution >= 0.6 is 0 Å². The van der Waals surface area contributed by atoms with Gasteiger partial charge in [-0.15, -0.1) is 0 Å². The van der Waals surface area contributed by atoms with E-state index in [0.29, 0.717) is 19.6 Å². The van der Waals surface area contributed by atoms with Crippen molar-refractivity contribution < 1.29 is 19.1 Å². The zero-order valence-corrected chi connectivity index (χ0v) is 12.6. The smallest absolute Gasteiger partial charge is 0.328 e. The lowest BCUT2D eigenvalue weighted by molar-refractivity contribution is -0.155. The predicted molar refractivity (Wildman–Crippen MR) is 74.1 cm³/mol. The number of likely N-dealkylation sites (tertiary alicyclic amines) is 1. The summed E-state index contributed by atoms with van der Waals surface area (Å²) >= 11 is 0. The Kier molecular flexibility index (Phi) is 3.51. The minimum Gasteiger partial charge on any atom is -0.465 e. The van der Waals surface area contributed by atoms with Gasteiger partial charge in [0.2, 0.25) is 11.8 Å². The molecular weight excluding hydrogens is 272 g/mol. The Morgan fingerprint density at radius 3 is 2.38 bits per heavy atom. The lowest BCUT2D eigenvalue weighted by Crippen LogP contribution is -2.62. The molecule has 1 N–H and O–H groups in total. The third-order valence-corrected chi connectivity index (χ3v) is 4.77. The highest BCUT2D eigenvalue weighted by atomic mass is 16.5. The van der Waals surface area contributed by atoms with Crippen LogP contribution in [-0.2, 0) is 19.1 Å². The van der Waals surface area contributed by atoms with Crippen molar-refractivity contribution in [3.05, 3.63) is 0 Å². The number of esters is 1. The summed E-state index contributed by atoms with van der Waals surface area (Å²) < 4.78 is 5.23. The van der Waals surface area contributed by atoms with E-state index in [4.69, 9.17) is 4.74 Å². The topological polar surface area (TPSA) is 75.7 Å². The van der Waals surface area contributed by atoms with E-state index >= 15 is 0 Å². The first kappa shape index (κ1) is 14.5. The summed E-state index contributed by atoms with van der Waals surface area (Å²) in [5, 5.41) is 3.22. The van der Waals surface area contributed by atoms with Crippen LogP contribution in [0.4, 0.5) is 0 Å². The number of amides is 2. The highest BCUT2D eigenvalue weighted by Gasteiger charge is 2.62. The van der Waals surface area contributed by atoms with E-state index in [0.717, 1.165) is 12.8 Å². The summed E-state index contributed by atoms with van der Waals surface area (Å²) in [6.07, 6.45) is 2.54. The van der Waals surface area contributed by atoms with Crippen LogP contribution in [0.5, 0.6) is 0 Å². The lowest BCUT2D eigenvalue weighted by Gasteiger charge is -2.35. The molecule has 2 aliphatic carbocycles. The predicted octanol–water partition coefficient (Wildman–Crippen LogP) is 0.313. The number of nitrogens with zero attached hydrogens (tertiary/aromatic N) is 1. The van der Waals surface area contributed by atoms with E-state index in [2.05, 4.69) is 5.32 Å². The number of carbonyl (C=O) groups excluding carboxylic acids is 3. The maximum absolute atomic E-state index is 12.5. The number of carbonyl (C=O) groups is 3. The van der Waals surface area contributed by atoms with Crippen LogP contribution in [-0.4, -0.2) is 47.9 Å².